The Labute approximate surface area is 142 Å². The van der Waals surface area contributed by atoms with Gasteiger partial charge in [0.15, 0.2) is 11.6 Å². The molecule has 0 aliphatic heterocycles. The maximum absolute atomic E-state index is 13.7. The number of hydrogen-bond donors (Lipinski definition) is 2. The smallest absolute Gasteiger partial charge is 0.387 e. The average Bonchev–Trinajstić information content (AvgIpc) is 2.56. The lowest BCUT2D eigenvalue weighted by Crippen LogP contribution is -2.31. The lowest BCUT2D eigenvalue weighted by Gasteiger charge is -2.16. The highest BCUT2D eigenvalue weighted by Crippen LogP contribution is 2.22. The number of ether oxygens (including phenoxy) is 2. The zero-order chi connectivity index (χ0) is 18.4. The largest absolute Gasteiger partial charge is 0.494 e. The number of benzene rings is 2. The second-order valence-electron chi connectivity index (χ2n) is 5.12. The number of rotatable bonds is 6. The summed E-state index contributed by atoms with van der Waals surface area (Å²) in [7, 11) is 1.37. The Hall–Kier alpha value is -2.90. The molecule has 2 rings (SSSR count). The van der Waals surface area contributed by atoms with E-state index >= 15 is 0 Å². The van der Waals surface area contributed by atoms with Crippen LogP contribution in [0.2, 0.25) is 0 Å². The van der Waals surface area contributed by atoms with Crippen molar-refractivity contribution < 1.29 is 27.4 Å². The zero-order valence-corrected chi connectivity index (χ0v) is 13.6. The van der Waals surface area contributed by atoms with E-state index in [-0.39, 0.29) is 11.5 Å². The molecule has 0 saturated heterocycles. The van der Waals surface area contributed by atoms with E-state index in [1.54, 1.807) is 13.0 Å². The summed E-state index contributed by atoms with van der Waals surface area (Å²) in [6.07, 6.45) is 0. The molecule has 2 aromatic carbocycles. The molecule has 134 valence electrons. The van der Waals surface area contributed by atoms with Crippen LogP contribution < -0.4 is 20.1 Å². The highest BCUT2D eigenvalue weighted by atomic mass is 19.3. The Morgan fingerprint density at radius 1 is 1.12 bits per heavy atom. The number of anilines is 1. The molecule has 0 aliphatic rings. The van der Waals surface area contributed by atoms with E-state index in [9.17, 15) is 18.0 Å². The normalized spacial score (nSPS) is 11.8. The first-order valence-corrected chi connectivity index (χ1v) is 7.35. The lowest BCUT2D eigenvalue weighted by atomic mass is 10.1. The fourth-order valence-electron chi connectivity index (χ4n) is 2.12. The highest BCUT2D eigenvalue weighted by Gasteiger charge is 2.12. The Morgan fingerprint density at radius 2 is 1.80 bits per heavy atom. The van der Waals surface area contributed by atoms with Crippen LogP contribution in [-0.2, 0) is 0 Å². The third kappa shape index (κ3) is 5.30. The summed E-state index contributed by atoms with van der Waals surface area (Å²) in [5.74, 6) is -0.418. The molecule has 0 saturated carbocycles. The van der Waals surface area contributed by atoms with E-state index < -0.39 is 24.5 Å². The molecule has 0 aliphatic carbocycles. The summed E-state index contributed by atoms with van der Waals surface area (Å²) < 4.78 is 46.9. The van der Waals surface area contributed by atoms with Gasteiger partial charge >= 0.3 is 12.6 Å². The summed E-state index contributed by atoms with van der Waals surface area (Å²) in [5.41, 5.74) is 0.960. The van der Waals surface area contributed by atoms with Crippen molar-refractivity contribution in [1.82, 2.24) is 5.32 Å². The number of alkyl halides is 2. The number of carbonyl (C=O) groups excluding carboxylic acids is 1. The van der Waals surface area contributed by atoms with E-state index in [1.165, 1.54) is 43.5 Å². The molecule has 2 amide bonds. The summed E-state index contributed by atoms with van der Waals surface area (Å²) in [5, 5.41) is 5.20. The summed E-state index contributed by atoms with van der Waals surface area (Å²) in [4.78, 5) is 12.0. The third-order valence-electron chi connectivity index (χ3n) is 3.36. The Morgan fingerprint density at radius 3 is 2.36 bits per heavy atom. The monoisotopic (exact) mass is 354 g/mol. The molecule has 0 heterocycles. The maximum Gasteiger partial charge on any atom is 0.387 e. The molecular weight excluding hydrogens is 337 g/mol. The van der Waals surface area contributed by atoms with Crippen LogP contribution in [0, 0.1) is 5.82 Å². The summed E-state index contributed by atoms with van der Waals surface area (Å²) in [6, 6.07) is 8.89. The van der Waals surface area contributed by atoms with Gasteiger partial charge in [0.2, 0.25) is 0 Å². The van der Waals surface area contributed by atoms with Crippen molar-refractivity contribution in [1.29, 1.82) is 0 Å². The van der Waals surface area contributed by atoms with Crippen LogP contribution in [0.3, 0.4) is 0 Å². The molecule has 5 nitrogen and oxygen atoms in total. The molecular formula is C17H17F3N2O3. The summed E-state index contributed by atoms with van der Waals surface area (Å²) >= 11 is 0. The SMILES string of the molecule is COc1ccc([C@@H](C)NC(=O)Nc2ccc(OC(F)F)cc2)cc1F. The van der Waals surface area contributed by atoms with Gasteiger partial charge in [0.1, 0.15) is 5.75 Å². The number of halogens is 3. The van der Waals surface area contributed by atoms with Crippen molar-refractivity contribution in [3.63, 3.8) is 0 Å². The zero-order valence-electron chi connectivity index (χ0n) is 13.6. The van der Waals surface area contributed by atoms with E-state index in [1.807, 2.05) is 0 Å². The van der Waals surface area contributed by atoms with Gasteiger partial charge in [0, 0.05) is 5.69 Å². The second-order valence-corrected chi connectivity index (χ2v) is 5.12. The first-order valence-electron chi connectivity index (χ1n) is 7.35. The first-order chi connectivity index (χ1) is 11.9. The van der Waals surface area contributed by atoms with Crippen LogP contribution >= 0.6 is 0 Å². The van der Waals surface area contributed by atoms with E-state index in [0.29, 0.717) is 11.3 Å². The van der Waals surface area contributed by atoms with Crippen molar-refractivity contribution in [2.24, 2.45) is 0 Å². The minimum Gasteiger partial charge on any atom is -0.494 e. The molecule has 8 heteroatoms. The fraction of sp³-hybridized carbons (Fsp3) is 0.235. The van der Waals surface area contributed by atoms with Crippen molar-refractivity contribution in [3.8, 4) is 11.5 Å². The van der Waals surface area contributed by atoms with Gasteiger partial charge < -0.3 is 20.1 Å². The molecule has 0 spiro atoms. The number of urea groups is 1. The number of methoxy groups -OCH3 is 1. The number of nitrogens with one attached hydrogen (secondary N) is 2. The topological polar surface area (TPSA) is 59.6 Å². The first kappa shape index (κ1) is 18.4. The fourth-order valence-corrected chi connectivity index (χ4v) is 2.12. The molecule has 0 unspecified atom stereocenters. The van der Waals surface area contributed by atoms with Gasteiger partial charge in [-0.2, -0.15) is 8.78 Å². The molecule has 0 bridgehead atoms. The Bertz CT molecular complexity index is 724. The Kier molecular flexibility index (Phi) is 6.10. The van der Waals surface area contributed by atoms with Crippen LogP contribution in [0.25, 0.3) is 0 Å². The van der Waals surface area contributed by atoms with Gasteiger partial charge in [-0.3, -0.25) is 0 Å². The highest BCUT2D eigenvalue weighted by molar-refractivity contribution is 5.89. The minimum atomic E-state index is -2.91. The Balaban J connectivity index is 1.94. The van der Waals surface area contributed by atoms with Gasteiger partial charge in [-0.05, 0) is 48.9 Å². The molecule has 0 radical (unpaired) electrons. The van der Waals surface area contributed by atoms with Gasteiger partial charge in [-0.25, -0.2) is 9.18 Å². The predicted octanol–water partition coefficient (Wildman–Crippen LogP) is 4.32. The maximum atomic E-state index is 13.7. The van der Waals surface area contributed by atoms with Gasteiger partial charge in [-0.15, -0.1) is 0 Å². The van der Waals surface area contributed by atoms with E-state index in [2.05, 4.69) is 15.4 Å². The minimum absolute atomic E-state index is 0.0111. The van der Waals surface area contributed by atoms with Crippen LogP contribution in [0.5, 0.6) is 11.5 Å². The van der Waals surface area contributed by atoms with Crippen LogP contribution in [0.15, 0.2) is 42.5 Å². The van der Waals surface area contributed by atoms with Crippen molar-refractivity contribution in [2.75, 3.05) is 12.4 Å². The van der Waals surface area contributed by atoms with E-state index in [0.717, 1.165) is 0 Å². The molecule has 0 fully saturated rings. The molecule has 2 N–H and O–H groups in total. The molecule has 1 atom stereocenters. The van der Waals surface area contributed by atoms with Crippen molar-refractivity contribution in [2.45, 2.75) is 19.6 Å². The standard InChI is InChI=1S/C17H17F3N2O3/c1-10(11-3-8-15(24-2)14(18)9-11)21-17(23)22-12-4-6-13(7-5-12)25-16(19)20/h3-10,16H,1-2H3,(H2,21,22,23)/t10-/m1/s1. The van der Waals surface area contributed by atoms with Crippen molar-refractivity contribution in [3.05, 3.63) is 53.8 Å². The summed E-state index contributed by atoms with van der Waals surface area (Å²) in [6.45, 7) is -1.21. The van der Waals surface area contributed by atoms with Gasteiger partial charge in [-0.1, -0.05) is 6.07 Å². The predicted molar refractivity (Wildman–Crippen MR) is 86.6 cm³/mol. The van der Waals surface area contributed by atoms with Crippen LogP contribution in [0.4, 0.5) is 23.7 Å². The van der Waals surface area contributed by atoms with Gasteiger partial charge in [0.05, 0.1) is 13.2 Å². The van der Waals surface area contributed by atoms with E-state index in [4.69, 9.17) is 4.74 Å². The van der Waals surface area contributed by atoms with Crippen molar-refractivity contribution >= 4 is 11.7 Å². The number of hydrogen-bond acceptors (Lipinski definition) is 3. The van der Waals surface area contributed by atoms with Crippen LogP contribution in [-0.4, -0.2) is 19.8 Å². The molecule has 0 aromatic heterocycles. The average molecular weight is 354 g/mol. The molecule has 2 aromatic rings. The lowest BCUT2D eigenvalue weighted by molar-refractivity contribution is -0.0498. The second kappa shape index (κ2) is 8.27. The van der Waals surface area contributed by atoms with Crippen LogP contribution in [0.1, 0.15) is 18.5 Å². The third-order valence-corrected chi connectivity index (χ3v) is 3.36. The number of amides is 2. The molecule has 25 heavy (non-hydrogen) atoms. The van der Waals surface area contributed by atoms with Gasteiger partial charge in [0.25, 0.3) is 0 Å². The quantitative estimate of drug-likeness (QED) is 0.812. The number of carbonyl (C=O) groups is 1.